The van der Waals surface area contributed by atoms with Crippen molar-refractivity contribution < 1.29 is 33.5 Å². The number of hydrogen-bond donors (Lipinski definition) is 5. The Labute approximate surface area is 367 Å². The summed E-state index contributed by atoms with van der Waals surface area (Å²) in [5.74, 6) is -0.214. The highest BCUT2D eigenvalue weighted by Gasteiger charge is 2.40. The number of aromatic nitrogens is 2. The number of fused-ring (bicyclic) bond motifs is 2. The Hall–Kier alpha value is -6.11. The summed E-state index contributed by atoms with van der Waals surface area (Å²) in [6, 6.07) is 12.9. The maximum Gasteiger partial charge on any atom is 0.255 e. The summed E-state index contributed by atoms with van der Waals surface area (Å²) in [5.41, 5.74) is 3.24. The van der Waals surface area contributed by atoms with E-state index in [-0.39, 0.29) is 48.9 Å². The van der Waals surface area contributed by atoms with Crippen LogP contribution in [0.3, 0.4) is 0 Å². The summed E-state index contributed by atoms with van der Waals surface area (Å²) < 4.78 is 6.30. The lowest BCUT2D eigenvalue weighted by atomic mass is 10.0. The van der Waals surface area contributed by atoms with Crippen LogP contribution in [-0.4, -0.2) is 96.2 Å². The van der Waals surface area contributed by atoms with Crippen LogP contribution in [0.15, 0.2) is 54.7 Å². The van der Waals surface area contributed by atoms with E-state index in [0.717, 1.165) is 11.3 Å². The minimum Gasteiger partial charge on any atom is -0.495 e. The Morgan fingerprint density at radius 3 is 2.60 bits per heavy atom. The van der Waals surface area contributed by atoms with Gasteiger partial charge in [0.2, 0.25) is 29.6 Å². The number of anilines is 5. The predicted molar refractivity (Wildman–Crippen MR) is 236 cm³/mol. The van der Waals surface area contributed by atoms with Gasteiger partial charge in [0.05, 0.1) is 29.9 Å². The first-order chi connectivity index (χ1) is 29.9. The number of benzene rings is 2. The van der Waals surface area contributed by atoms with Gasteiger partial charge in [-0.1, -0.05) is 24.6 Å². The van der Waals surface area contributed by atoms with Crippen LogP contribution in [0.1, 0.15) is 83.0 Å². The van der Waals surface area contributed by atoms with Gasteiger partial charge < -0.3 is 40.7 Å². The summed E-state index contributed by atoms with van der Waals surface area (Å²) in [6.45, 7) is 4.45. The number of likely N-dealkylation sites (N-methyl/N-ethyl adjacent to an activating group) is 1. The number of imide groups is 1. The molecule has 0 radical (unpaired) electrons. The number of unbranched alkanes of at least 4 members (excludes halogenated alkanes) is 1. The topological polar surface area (TPSA) is 207 Å². The summed E-state index contributed by atoms with van der Waals surface area (Å²) in [5, 5.41) is 14.7. The zero-order valence-corrected chi connectivity index (χ0v) is 36.3. The van der Waals surface area contributed by atoms with Crippen molar-refractivity contribution in [3.63, 3.8) is 0 Å². The Bertz CT molecular complexity index is 2380. The molecule has 326 valence electrons. The quantitative estimate of drug-likeness (QED) is 0.0663. The molecule has 4 aromatic rings. The Balaban J connectivity index is 0.828. The average Bonchev–Trinajstić information content (AvgIpc) is 3.83. The molecule has 2 atom stereocenters. The van der Waals surface area contributed by atoms with Crippen molar-refractivity contribution >= 4 is 87.2 Å². The second-order valence-electron chi connectivity index (χ2n) is 15.2. The first kappa shape index (κ1) is 44.0. The molecule has 19 heteroatoms. The molecule has 62 heavy (non-hydrogen) atoms. The smallest absolute Gasteiger partial charge is 0.255 e. The maximum atomic E-state index is 13.3. The molecule has 5 heterocycles. The monoisotopic (exact) mass is 884 g/mol. The zero-order chi connectivity index (χ0) is 43.9. The number of amides is 6. The Morgan fingerprint density at radius 2 is 1.84 bits per heavy atom. The van der Waals surface area contributed by atoms with Crippen LogP contribution in [0.25, 0.3) is 0 Å². The van der Waals surface area contributed by atoms with Crippen LogP contribution in [0, 0.1) is 0 Å². The molecule has 1 saturated heterocycles. The van der Waals surface area contributed by atoms with E-state index in [9.17, 15) is 28.8 Å². The predicted octanol–water partition coefficient (Wildman–Crippen LogP) is 4.98. The number of thiophene rings is 1. The average molecular weight is 885 g/mol. The Kier molecular flexibility index (Phi) is 14.0. The Morgan fingerprint density at radius 1 is 1.02 bits per heavy atom. The molecule has 5 N–H and O–H groups in total. The first-order valence-corrected chi connectivity index (χ1v) is 21.8. The summed E-state index contributed by atoms with van der Waals surface area (Å²) in [7, 11) is 3.25. The zero-order valence-electron chi connectivity index (χ0n) is 34.7. The van der Waals surface area contributed by atoms with Gasteiger partial charge in [0.1, 0.15) is 23.5 Å². The number of piperidine rings is 1. The molecule has 3 aliphatic heterocycles. The fourth-order valence-electron chi connectivity index (χ4n) is 7.83. The van der Waals surface area contributed by atoms with Crippen LogP contribution >= 0.6 is 22.9 Å². The molecule has 2 aromatic carbocycles. The number of hydrogen-bond acceptors (Lipinski definition) is 13. The third kappa shape index (κ3) is 9.82. The van der Waals surface area contributed by atoms with Crippen molar-refractivity contribution in [3.8, 4) is 5.75 Å². The van der Waals surface area contributed by atoms with Crippen LogP contribution in [0.4, 0.5) is 28.8 Å². The van der Waals surface area contributed by atoms with Crippen LogP contribution in [-0.2, 0) is 32.3 Å². The van der Waals surface area contributed by atoms with Crippen LogP contribution < -0.4 is 41.1 Å². The molecule has 2 aromatic heterocycles. The number of methoxy groups -OCH3 is 1. The molecule has 3 aliphatic rings. The normalized spacial score (nSPS) is 17.1. The van der Waals surface area contributed by atoms with Crippen molar-refractivity contribution in [1.29, 1.82) is 0 Å². The third-order valence-electron chi connectivity index (χ3n) is 11.1. The van der Waals surface area contributed by atoms with Crippen molar-refractivity contribution in [3.05, 3.63) is 80.6 Å². The van der Waals surface area contributed by atoms with Gasteiger partial charge in [0.25, 0.3) is 11.8 Å². The fraction of sp³-hybridized carbons (Fsp3) is 0.395. The van der Waals surface area contributed by atoms with Gasteiger partial charge in [-0.05, 0) is 87.7 Å². The summed E-state index contributed by atoms with van der Waals surface area (Å²) in [4.78, 5) is 91.6. The minimum atomic E-state index is -0.724. The highest BCUT2D eigenvalue weighted by molar-refractivity contribution is 7.16. The van der Waals surface area contributed by atoms with Gasteiger partial charge in [-0.25, -0.2) is 4.98 Å². The van der Waals surface area contributed by atoms with Crippen LogP contribution in [0.2, 0.25) is 4.34 Å². The largest absolute Gasteiger partial charge is 0.495 e. The molecule has 0 bridgehead atoms. The summed E-state index contributed by atoms with van der Waals surface area (Å²) in [6.07, 6.45) is 5.07. The highest BCUT2D eigenvalue weighted by Crippen LogP contribution is 2.38. The van der Waals surface area contributed by atoms with E-state index in [2.05, 4.69) is 31.6 Å². The van der Waals surface area contributed by atoms with E-state index in [0.29, 0.717) is 107 Å². The number of ether oxygens (including phenoxy) is 1. The molecule has 6 amide bonds. The van der Waals surface area contributed by atoms with Crippen molar-refractivity contribution in [2.75, 3.05) is 54.2 Å². The second-order valence-corrected chi connectivity index (χ2v) is 17.0. The van der Waals surface area contributed by atoms with Crippen molar-refractivity contribution in [1.82, 2.24) is 30.8 Å². The molecule has 17 nitrogen and oxygen atoms in total. The van der Waals surface area contributed by atoms with Gasteiger partial charge in [-0.2, -0.15) is 4.98 Å². The molecule has 0 aliphatic carbocycles. The van der Waals surface area contributed by atoms with E-state index >= 15 is 0 Å². The van der Waals surface area contributed by atoms with E-state index in [1.165, 1.54) is 23.3 Å². The third-order valence-corrected chi connectivity index (χ3v) is 12.3. The maximum absolute atomic E-state index is 13.3. The van der Waals surface area contributed by atoms with Crippen LogP contribution in [0.5, 0.6) is 5.75 Å². The lowest BCUT2D eigenvalue weighted by Crippen LogP contribution is -2.52. The number of halogens is 1. The number of carbonyl (C=O) groups excluding carboxylic acids is 6. The van der Waals surface area contributed by atoms with E-state index < -0.39 is 18.0 Å². The standard InChI is InChI=1S/C43H49ClN10O7S/c1-4-31-42(60)52(2)33-22-47-43(51-38(33)53(31)23-26-13-16-35(44)62-26)49-30-14-12-25(21-34(30)61-3)39(57)46-20-8-19-45-18-6-5-11-36(55)48-29-10-7-9-27-28(29)24-54(41(27)59)32-15-17-37(56)50-40(32)58/h7,9-10,12-14,16,21-22,31-32,45H,4-6,8,11,15,17-20,23-24H2,1-3H3,(H,46,57)(H,48,55)(H,47,49,51)(H,50,56,58)/t31-,32?/m1/s1. The number of nitrogens with zero attached hydrogens (tertiary/aromatic N) is 5. The minimum absolute atomic E-state index is 0.0347. The fourth-order valence-corrected chi connectivity index (χ4v) is 8.92. The number of nitrogens with one attached hydrogen (secondary N) is 5. The molecule has 0 saturated carbocycles. The molecule has 0 spiro atoms. The molecular formula is C43H49ClN10O7S. The lowest BCUT2D eigenvalue weighted by molar-refractivity contribution is -0.137. The molecular weight excluding hydrogens is 836 g/mol. The number of carbonyl (C=O) groups is 6. The summed E-state index contributed by atoms with van der Waals surface area (Å²) >= 11 is 7.67. The van der Waals surface area contributed by atoms with E-state index in [4.69, 9.17) is 21.3 Å². The first-order valence-electron chi connectivity index (χ1n) is 20.6. The number of rotatable bonds is 18. The molecule has 1 unspecified atom stereocenters. The van der Waals surface area contributed by atoms with Crippen molar-refractivity contribution in [2.24, 2.45) is 0 Å². The van der Waals surface area contributed by atoms with Gasteiger partial charge in [-0.3, -0.25) is 34.1 Å². The SMILES string of the molecule is CC[C@@H]1C(=O)N(C)c2cnc(Nc3ccc(C(=O)NCCCNCCCCC(=O)Nc4cccc5c4CN(C4CCC(=O)NC4=O)C5=O)cc3OC)nc2N1Cc1ccc(Cl)s1. The van der Waals surface area contributed by atoms with Gasteiger partial charge in [0.15, 0.2) is 5.82 Å². The van der Waals surface area contributed by atoms with Crippen molar-refractivity contribution in [2.45, 2.75) is 77.0 Å². The van der Waals surface area contributed by atoms with Gasteiger partial charge in [0, 0.05) is 60.2 Å². The second kappa shape index (κ2) is 19.7. The lowest BCUT2D eigenvalue weighted by Gasteiger charge is -2.40. The molecule has 7 rings (SSSR count). The highest BCUT2D eigenvalue weighted by atomic mass is 35.5. The molecule has 1 fully saturated rings. The van der Waals surface area contributed by atoms with E-state index in [1.54, 1.807) is 54.5 Å². The van der Waals surface area contributed by atoms with Gasteiger partial charge >= 0.3 is 0 Å². The van der Waals surface area contributed by atoms with Gasteiger partial charge in [-0.15, -0.1) is 11.3 Å². The van der Waals surface area contributed by atoms with E-state index in [1.807, 2.05) is 24.0 Å².